The Labute approximate surface area is 277 Å². The number of anilines is 2. The van der Waals surface area contributed by atoms with Gasteiger partial charge in [0.1, 0.15) is 0 Å². The van der Waals surface area contributed by atoms with Crippen LogP contribution in [-0.4, -0.2) is 28.9 Å². The molecule has 0 unspecified atom stereocenters. The molecule has 0 saturated carbocycles. The van der Waals surface area contributed by atoms with Crippen molar-refractivity contribution in [2.75, 3.05) is 9.62 Å². The van der Waals surface area contributed by atoms with Gasteiger partial charge in [-0.25, -0.2) is 31.1 Å². The summed E-state index contributed by atoms with van der Waals surface area (Å²) in [6, 6.07) is 20.3. The number of hydrogen-bond acceptors (Lipinski definition) is 6. The number of carbonyl (C=O) groups excluding carboxylic acids is 2. The Bertz CT molecular complexity index is 2000. The molecule has 4 amide bonds. The molecule has 4 aromatic rings. The normalized spacial score (nSPS) is 13.5. The Balaban J connectivity index is 0.000000181. The van der Waals surface area contributed by atoms with E-state index in [4.69, 9.17) is 28.9 Å². The summed E-state index contributed by atoms with van der Waals surface area (Å²) in [5, 5.41) is 3.43. The van der Waals surface area contributed by atoms with Gasteiger partial charge in [-0.3, -0.25) is 0 Å². The van der Waals surface area contributed by atoms with Crippen molar-refractivity contribution in [2.24, 2.45) is 5.73 Å². The van der Waals surface area contributed by atoms with Crippen LogP contribution in [0.5, 0.6) is 0 Å². The standard InChI is InChI=1S/2C16H15ClN2O3S/c17-13-5-7-14(8-6-13)19(16(18)20)23(21,22)15-9-4-11-2-1-3-12(11)10-15;17-13-5-7-14(8-6-13)18-16(20)19-23(21,22)15-9-4-11-2-1-3-12(11)10-15/h4-10H,1-3H2,(H2,18,20);4-10H,1-3H2,(H2,18,19,20). The molecule has 0 aliphatic heterocycles. The number of nitrogens with two attached hydrogens (primary N) is 1. The van der Waals surface area contributed by atoms with Crippen LogP contribution in [0.3, 0.4) is 0 Å². The van der Waals surface area contributed by atoms with E-state index in [9.17, 15) is 26.4 Å². The zero-order valence-corrected chi connectivity index (χ0v) is 27.5. The number of carbonyl (C=O) groups is 2. The number of halogens is 2. The summed E-state index contributed by atoms with van der Waals surface area (Å²) in [6.45, 7) is 0. The van der Waals surface area contributed by atoms with Gasteiger partial charge >= 0.3 is 12.1 Å². The Morgan fingerprint density at radius 2 is 1.13 bits per heavy atom. The molecule has 0 fully saturated rings. The first-order chi connectivity index (χ1) is 21.8. The number of urea groups is 2. The molecule has 0 heterocycles. The Morgan fingerprint density at radius 1 is 0.652 bits per heavy atom. The fraction of sp³-hybridized carbons (Fsp3) is 0.188. The lowest BCUT2D eigenvalue weighted by atomic mass is 10.1. The molecule has 0 atom stereocenters. The van der Waals surface area contributed by atoms with Crippen molar-refractivity contribution in [3.05, 3.63) is 117 Å². The number of sulfonamides is 2. The average molecular weight is 702 g/mol. The number of primary amides is 1. The number of fused-ring (bicyclic) bond motifs is 2. The van der Waals surface area contributed by atoms with Gasteiger partial charge in [-0.05, 0) is 134 Å². The van der Waals surface area contributed by atoms with Gasteiger partial charge in [0.25, 0.3) is 20.0 Å². The third-order valence-electron chi connectivity index (χ3n) is 7.58. The molecule has 4 aromatic carbocycles. The van der Waals surface area contributed by atoms with Gasteiger partial charge in [0.15, 0.2) is 0 Å². The highest BCUT2D eigenvalue weighted by Crippen LogP contribution is 2.29. The molecule has 6 rings (SSSR count). The zero-order chi connectivity index (χ0) is 33.1. The lowest BCUT2D eigenvalue weighted by Crippen LogP contribution is -2.40. The molecular formula is C32H30Cl2N4O6S2. The van der Waals surface area contributed by atoms with Crippen LogP contribution in [0.25, 0.3) is 0 Å². The van der Waals surface area contributed by atoms with E-state index >= 15 is 0 Å². The second-order valence-electron chi connectivity index (χ2n) is 10.7. The van der Waals surface area contributed by atoms with Gasteiger partial charge < -0.3 is 11.1 Å². The third-order valence-corrected chi connectivity index (χ3v) is 11.1. The maximum atomic E-state index is 12.9. The first-order valence-corrected chi connectivity index (χ1v) is 17.9. The minimum absolute atomic E-state index is 0.0619. The Hall–Kier alpha value is -4.10. The predicted molar refractivity (Wildman–Crippen MR) is 178 cm³/mol. The van der Waals surface area contributed by atoms with Crippen molar-refractivity contribution in [1.29, 1.82) is 0 Å². The number of rotatable bonds is 6. The third kappa shape index (κ3) is 7.64. The van der Waals surface area contributed by atoms with Crippen LogP contribution >= 0.6 is 23.2 Å². The second kappa shape index (κ2) is 13.7. The summed E-state index contributed by atoms with van der Waals surface area (Å²) in [6.07, 6.45) is 5.68. The lowest BCUT2D eigenvalue weighted by molar-refractivity contribution is 0.255. The summed E-state index contributed by atoms with van der Waals surface area (Å²) >= 11 is 11.6. The molecule has 0 aromatic heterocycles. The fourth-order valence-corrected chi connectivity index (χ4v) is 7.95. The van der Waals surface area contributed by atoms with Gasteiger partial charge in [0, 0.05) is 15.7 Å². The molecule has 46 heavy (non-hydrogen) atoms. The van der Waals surface area contributed by atoms with Crippen molar-refractivity contribution in [3.63, 3.8) is 0 Å². The minimum Gasteiger partial charge on any atom is -0.350 e. The van der Waals surface area contributed by atoms with E-state index in [0.717, 1.165) is 55.2 Å². The van der Waals surface area contributed by atoms with Crippen molar-refractivity contribution < 1.29 is 26.4 Å². The van der Waals surface area contributed by atoms with E-state index in [1.165, 1.54) is 42.0 Å². The number of hydrogen-bond donors (Lipinski definition) is 3. The fourth-order valence-electron chi connectivity index (χ4n) is 5.36. The molecule has 10 nitrogen and oxygen atoms in total. The number of aryl methyl sites for hydroxylation is 4. The molecular weight excluding hydrogens is 671 g/mol. The summed E-state index contributed by atoms with van der Waals surface area (Å²) in [4.78, 5) is 23.8. The van der Waals surface area contributed by atoms with E-state index in [0.29, 0.717) is 20.0 Å². The van der Waals surface area contributed by atoms with E-state index in [1.807, 2.05) is 10.8 Å². The average Bonchev–Trinajstić information content (AvgIpc) is 3.68. The zero-order valence-electron chi connectivity index (χ0n) is 24.4. The first-order valence-electron chi connectivity index (χ1n) is 14.3. The summed E-state index contributed by atoms with van der Waals surface area (Å²) < 4.78 is 52.9. The van der Waals surface area contributed by atoms with E-state index < -0.39 is 32.1 Å². The van der Waals surface area contributed by atoms with Gasteiger partial charge in [-0.1, -0.05) is 35.3 Å². The van der Waals surface area contributed by atoms with E-state index in [1.54, 1.807) is 42.5 Å². The van der Waals surface area contributed by atoms with Crippen LogP contribution in [0.1, 0.15) is 35.1 Å². The highest BCUT2D eigenvalue weighted by atomic mass is 35.5. The van der Waals surface area contributed by atoms with Crippen LogP contribution in [0.15, 0.2) is 94.7 Å². The van der Waals surface area contributed by atoms with Crippen molar-refractivity contribution in [2.45, 2.75) is 48.3 Å². The smallest absolute Gasteiger partial charge is 0.333 e. The number of nitrogens with one attached hydrogen (secondary N) is 2. The largest absolute Gasteiger partial charge is 0.350 e. The molecule has 0 spiro atoms. The van der Waals surface area contributed by atoms with Crippen molar-refractivity contribution in [1.82, 2.24) is 4.72 Å². The maximum absolute atomic E-state index is 12.9. The summed E-state index contributed by atoms with van der Waals surface area (Å²) in [5.41, 5.74) is 10.3. The van der Waals surface area contributed by atoms with E-state index in [2.05, 4.69) is 5.32 Å². The SMILES string of the molecule is NC(=O)N(c1ccc(Cl)cc1)S(=O)(=O)c1ccc2c(c1)CCC2.O=C(Nc1ccc(Cl)cc1)NS(=O)(=O)c1ccc2c(c1)CCC2. The Kier molecular flexibility index (Phi) is 9.92. The van der Waals surface area contributed by atoms with Crippen LogP contribution < -0.4 is 20.1 Å². The molecule has 2 aliphatic carbocycles. The molecule has 14 heteroatoms. The number of nitrogens with zero attached hydrogens (tertiary/aromatic N) is 1. The molecule has 4 N–H and O–H groups in total. The molecule has 2 aliphatic rings. The first kappa shape index (κ1) is 33.3. The highest BCUT2D eigenvalue weighted by Gasteiger charge is 2.30. The molecule has 0 radical (unpaired) electrons. The maximum Gasteiger partial charge on any atom is 0.333 e. The monoisotopic (exact) mass is 700 g/mol. The molecule has 0 saturated heterocycles. The van der Waals surface area contributed by atoms with Gasteiger partial charge in [-0.15, -0.1) is 0 Å². The summed E-state index contributed by atoms with van der Waals surface area (Å²) in [7, 11) is -7.97. The van der Waals surface area contributed by atoms with Crippen molar-refractivity contribution in [3.8, 4) is 0 Å². The molecule has 240 valence electrons. The molecule has 0 bridgehead atoms. The van der Waals surface area contributed by atoms with Gasteiger partial charge in [0.05, 0.1) is 15.5 Å². The van der Waals surface area contributed by atoms with Crippen molar-refractivity contribution >= 4 is 66.7 Å². The number of benzene rings is 4. The Morgan fingerprint density at radius 3 is 1.67 bits per heavy atom. The summed E-state index contributed by atoms with van der Waals surface area (Å²) in [5.74, 6) is 0. The van der Waals surface area contributed by atoms with Gasteiger partial charge in [0.2, 0.25) is 0 Å². The quantitative estimate of drug-likeness (QED) is 0.210. The van der Waals surface area contributed by atoms with Gasteiger partial charge in [-0.2, -0.15) is 4.31 Å². The highest BCUT2D eigenvalue weighted by molar-refractivity contribution is 7.93. The lowest BCUT2D eigenvalue weighted by Gasteiger charge is -2.21. The second-order valence-corrected chi connectivity index (χ2v) is 15.1. The van der Waals surface area contributed by atoms with E-state index in [-0.39, 0.29) is 15.5 Å². The predicted octanol–water partition coefficient (Wildman–Crippen LogP) is 6.44. The minimum atomic E-state index is -4.07. The van der Waals surface area contributed by atoms with Crippen LogP contribution in [-0.2, 0) is 45.7 Å². The number of amides is 4. The van der Waals surface area contributed by atoms with Crippen LogP contribution in [0.2, 0.25) is 10.0 Å². The van der Waals surface area contributed by atoms with Crippen LogP contribution in [0, 0.1) is 0 Å². The van der Waals surface area contributed by atoms with Crippen LogP contribution in [0.4, 0.5) is 21.0 Å². The topological polar surface area (TPSA) is 156 Å².